The molecular weight excluding hydrogens is 282 g/mol. The fraction of sp³-hybridized carbons (Fsp3) is 0.600. The molecule has 6 nitrogen and oxygen atoms in total. The molecule has 1 aromatic rings. The monoisotopic (exact) mass is 294 g/mol. The Balaban J connectivity index is 2.51. The molecule has 3 N–H and O–H groups in total. The maximum atomic E-state index is 14.4. The van der Waals surface area contributed by atoms with E-state index in [1.165, 1.54) is 0 Å². The first-order chi connectivity index (χ1) is 8.78. The lowest BCUT2D eigenvalue weighted by molar-refractivity contribution is -0.0615. The van der Waals surface area contributed by atoms with Gasteiger partial charge in [0.1, 0.15) is 16.8 Å². The third kappa shape index (κ3) is 2.22. The van der Waals surface area contributed by atoms with Crippen molar-refractivity contribution in [2.45, 2.75) is 31.0 Å². The number of ether oxygens (including phenoxy) is 1. The Morgan fingerprint density at radius 2 is 2.32 bits per heavy atom. The number of nitrogens with one attached hydrogen (secondary N) is 1. The Bertz CT molecular complexity index is 600. The molecule has 4 unspecified atom stereocenters. The van der Waals surface area contributed by atoms with E-state index in [0.29, 0.717) is 10.8 Å². The first-order valence-electron chi connectivity index (χ1n) is 5.43. The van der Waals surface area contributed by atoms with Crippen LogP contribution in [0, 0.1) is 10.5 Å². The van der Waals surface area contributed by atoms with E-state index in [1.54, 1.807) is 0 Å². The van der Waals surface area contributed by atoms with Gasteiger partial charge in [-0.25, -0.2) is 13.6 Å². The summed E-state index contributed by atoms with van der Waals surface area (Å²) in [6.45, 7) is 0.376. The maximum Gasteiger partial charge on any atom is 0.328 e. The highest BCUT2D eigenvalue weighted by atomic mass is 32.1. The number of aromatic nitrogens is 2. The molecule has 1 aliphatic rings. The van der Waals surface area contributed by atoms with E-state index in [0.717, 1.165) is 6.92 Å². The summed E-state index contributed by atoms with van der Waals surface area (Å²) < 4.78 is 33.0. The van der Waals surface area contributed by atoms with Gasteiger partial charge in [-0.15, -0.1) is 0 Å². The van der Waals surface area contributed by atoms with Crippen molar-refractivity contribution in [3.8, 4) is 0 Å². The Labute approximate surface area is 111 Å². The summed E-state index contributed by atoms with van der Waals surface area (Å²) in [5, 5.41) is 18.6. The number of nitrogens with zero attached hydrogens (tertiary/aromatic N) is 1. The van der Waals surface area contributed by atoms with Crippen LogP contribution in [-0.4, -0.2) is 44.2 Å². The van der Waals surface area contributed by atoms with Gasteiger partial charge in [0.15, 0.2) is 17.7 Å². The van der Waals surface area contributed by atoms with Gasteiger partial charge in [-0.2, -0.15) is 0 Å². The summed E-state index contributed by atoms with van der Waals surface area (Å²) >= 11 is 4.53. The Hall–Kier alpha value is -1.16. The second-order valence-electron chi connectivity index (χ2n) is 4.45. The number of halogens is 2. The highest BCUT2D eigenvalue weighted by molar-refractivity contribution is 7.71. The molecule has 0 spiro atoms. The van der Waals surface area contributed by atoms with Crippen molar-refractivity contribution in [1.82, 2.24) is 9.55 Å². The summed E-state index contributed by atoms with van der Waals surface area (Å²) in [5.41, 5.74) is -3.23. The maximum absolute atomic E-state index is 14.4. The van der Waals surface area contributed by atoms with Crippen LogP contribution >= 0.6 is 12.2 Å². The van der Waals surface area contributed by atoms with Gasteiger partial charge in [-0.3, -0.25) is 9.55 Å². The van der Waals surface area contributed by atoms with Gasteiger partial charge in [0, 0.05) is 0 Å². The quantitative estimate of drug-likeness (QED) is 0.670. The highest BCUT2D eigenvalue weighted by Crippen LogP contribution is 2.40. The van der Waals surface area contributed by atoms with E-state index in [1.807, 2.05) is 4.98 Å². The zero-order valence-corrected chi connectivity index (χ0v) is 10.7. The van der Waals surface area contributed by atoms with Crippen LogP contribution in [0.25, 0.3) is 0 Å². The van der Waals surface area contributed by atoms with Gasteiger partial charge in [-0.05, 0) is 6.92 Å². The average molecular weight is 294 g/mol. The summed E-state index contributed by atoms with van der Waals surface area (Å²) in [6.07, 6.45) is -3.69. The number of H-pyrrole nitrogens is 1. The van der Waals surface area contributed by atoms with Crippen molar-refractivity contribution in [3.63, 3.8) is 0 Å². The van der Waals surface area contributed by atoms with Crippen LogP contribution in [-0.2, 0) is 4.74 Å². The lowest BCUT2D eigenvalue weighted by Gasteiger charge is -2.24. The molecule has 0 aliphatic carbocycles. The molecule has 4 atom stereocenters. The molecule has 2 rings (SSSR count). The van der Waals surface area contributed by atoms with Gasteiger partial charge < -0.3 is 14.9 Å². The Morgan fingerprint density at radius 3 is 2.84 bits per heavy atom. The number of aliphatic hydroxyl groups excluding tert-OH is 2. The number of alkyl halides is 1. The van der Waals surface area contributed by atoms with Crippen LogP contribution in [0.4, 0.5) is 8.78 Å². The van der Waals surface area contributed by atoms with E-state index in [4.69, 9.17) is 9.84 Å². The molecule has 0 amide bonds. The fourth-order valence-corrected chi connectivity index (χ4v) is 2.14. The van der Waals surface area contributed by atoms with E-state index >= 15 is 0 Å². The SMILES string of the molecule is CC1(F)C(O)C(CO)OC1n1cc(F)c(=S)[nH]c1=O. The number of hydrogen-bond acceptors (Lipinski definition) is 5. The molecule has 0 bridgehead atoms. The molecule has 0 saturated carbocycles. The third-order valence-corrected chi connectivity index (χ3v) is 3.37. The zero-order chi connectivity index (χ0) is 14.4. The van der Waals surface area contributed by atoms with Gasteiger partial charge in [0.25, 0.3) is 0 Å². The molecule has 106 valence electrons. The molecule has 1 aliphatic heterocycles. The predicted octanol–water partition coefficient (Wildman–Crippen LogP) is 0.0238. The van der Waals surface area contributed by atoms with Crippen molar-refractivity contribution in [2.75, 3.05) is 6.61 Å². The molecule has 0 radical (unpaired) electrons. The predicted molar refractivity (Wildman–Crippen MR) is 62.4 cm³/mol. The summed E-state index contributed by atoms with van der Waals surface area (Å²) in [5.74, 6) is -0.920. The van der Waals surface area contributed by atoms with E-state index in [9.17, 15) is 18.7 Å². The van der Waals surface area contributed by atoms with E-state index in [2.05, 4.69) is 12.2 Å². The van der Waals surface area contributed by atoms with Gasteiger partial charge in [-0.1, -0.05) is 12.2 Å². The first kappa shape index (κ1) is 14.3. The number of aromatic amines is 1. The molecule has 9 heteroatoms. The van der Waals surface area contributed by atoms with Gasteiger partial charge in [0.2, 0.25) is 0 Å². The first-order valence-corrected chi connectivity index (χ1v) is 5.84. The number of aliphatic hydroxyl groups is 2. The van der Waals surface area contributed by atoms with Crippen molar-refractivity contribution >= 4 is 12.2 Å². The second kappa shape index (κ2) is 4.75. The highest BCUT2D eigenvalue weighted by Gasteiger charge is 2.55. The molecule has 2 heterocycles. The largest absolute Gasteiger partial charge is 0.394 e. The molecular formula is C10H12F2N2O4S. The summed E-state index contributed by atoms with van der Waals surface area (Å²) in [6, 6.07) is 0. The van der Waals surface area contributed by atoms with Crippen LogP contribution in [0.5, 0.6) is 0 Å². The minimum absolute atomic E-state index is 0.404. The van der Waals surface area contributed by atoms with Crippen LogP contribution in [0.15, 0.2) is 11.0 Å². The third-order valence-electron chi connectivity index (χ3n) is 3.07. The summed E-state index contributed by atoms with van der Waals surface area (Å²) in [7, 11) is 0. The zero-order valence-electron chi connectivity index (χ0n) is 9.84. The Kier molecular flexibility index (Phi) is 3.56. The van der Waals surface area contributed by atoms with Crippen molar-refractivity contribution in [3.05, 3.63) is 27.1 Å². The van der Waals surface area contributed by atoms with Gasteiger partial charge >= 0.3 is 5.69 Å². The van der Waals surface area contributed by atoms with Gasteiger partial charge in [0.05, 0.1) is 12.8 Å². The normalized spacial score (nSPS) is 34.7. The molecule has 1 fully saturated rings. The second-order valence-corrected chi connectivity index (χ2v) is 4.86. The molecule has 19 heavy (non-hydrogen) atoms. The molecule has 0 aromatic carbocycles. The molecule has 1 saturated heterocycles. The number of rotatable bonds is 2. The lowest BCUT2D eigenvalue weighted by Crippen LogP contribution is -2.43. The van der Waals surface area contributed by atoms with Crippen LogP contribution in [0.3, 0.4) is 0 Å². The van der Waals surface area contributed by atoms with Crippen molar-refractivity contribution in [2.24, 2.45) is 0 Å². The molecule has 1 aromatic heterocycles. The summed E-state index contributed by atoms with van der Waals surface area (Å²) in [4.78, 5) is 13.7. The van der Waals surface area contributed by atoms with Crippen molar-refractivity contribution in [1.29, 1.82) is 0 Å². The van der Waals surface area contributed by atoms with Crippen LogP contribution in [0.2, 0.25) is 0 Å². The van der Waals surface area contributed by atoms with Crippen LogP contribution in [0.1, 0.15) is 13.2 Å². The minimum atomic E-state index is -2.36. The Morgan fingerprint density at radius 1 is 1.68 bits per heavy atom. The fourth-order valence-electron chi connectivity index (χ4n) is 2.00. The number of hydrogen-bond donors (Lipinski definition) is 3. The van der Waals surface area contributed by atoms with E-state index in [-0.39, 0.29) is 0 Å². The van der Waals surface area contributed by atoms with E-state index < -0.39 is 46.9 Å². The topological polar surface area (TPSA) is 87.5 Å². The smallest absolute Gasteiger partial charge is 0.328 e. The van der Waals surface area contributed by atoms with Crippen LogP contribution < -0.4 is 5.69 Å². The lowest BCUT2D eigenvalue weighted by atomic mass is 9.98. The minimum Gasteiger partial charge on any atom is -0.394 e. The standard InChI is InChI=1S/C10H12F2N2O4S/c1-10(12)6(16)5(3-15)18-8(10)14-2-4(11)7(19)13-9(14)17/h2,5-6,8,15-16H,3H2,1H3,(H,13,17,19). The average Bonchev–Trinajstić information content (AvgIpc) is 2.56. The van der Waals surface area contributed by atoms with Crippen molar-refractivity contribution < 1.29 is 23.7 Å².